The lowest BCUT2D eigenvalue weighted by molar-refractivity contribution is 0.0622. The van der Waals surface area contributed by atoms with Crippen LogP contribution in [0.4, 0.5) is 0 Å². The van der Waals surface area contributed by atoms with Gasteiger partial charge in [-0.05, 0) is 33.4 Å². The van der Waals surface area contributed by atoms with E-state index in [0.29, 0.717) is 12.1 Å². The molecule has 0 aromatic carbocycles. The molecule has 0 aliphatic carbocycles. The quantitative estimate of drug-likeness (QED) is 0.695. The summed E-state index contributed by atoms with van der Waals surface area (Å²) in [6.07, 6.45) is 2.96. The van der Waals surface area contributed by atoms with Crippen molar-refractivity contribution in [2.24, 2.45) is 0 Å². The topological polar surface area (TPSA) is 24.5 Å². The van der Waals surface area contributed by atoms with Gasteiger partial charge in [-0.15, -0.1) is 0 Å². The summed E-state index contributed by atoms with van der Waals surface area (Å²) in [6.45, 7) is 8.72. The standard InChI is InChI=1S/C11H24N2O/c1-4-13(10(2)8-12-3)9-11-6-5-7-14-11/h10-12H,4-9H2,1-3H3. The summed E-state index contributed by atoms with van der Waals surface area (Å²) >= 11 is 0. The third-order valence-electron chi connectivity index (χ3n) is 2.99. The maximum atomic E-state index is 5.65. The molecule has 1 aliphatic rings. The van der Waals surface area contributed by atoms with Gasteiger partial charge in [0.15, 0.2) is 0 Å². The van der Waals surface area contributed by atoms with Crippen LogP contribution in [-0.2, 0) is 4.74 Å². The van der Waals surface area contributed by atoms with Gasteiger partial charge in [0.1, 0.15) is 0 Å². The minimum Gasteiger partial charge on any atom is -0.377 e. The number of nitrogens with one attached hydrogen (secondary N) is 1. The zero-order valence-corrected chi connectivity index (χ0v) is 9.75. The van der Waals surface area contributed by atoms with E-state index in [-0.39, 0.29) is 0 Å². The molecule has 0 saturated carbocycles. The number of ether oxygens (including phenoxy) is 1. The van der Waals surface area contributed by atoms with Crippen molar-refractivity contribution in [2.75, 3.05) is 33.3 Å². The fourth-order valence-electron chi connectivity index (χ4n) is 2.10. The van der Waals surface area contributed by atoms with E-state index in [0.717, 1.165) is 26.2 Å². The monoisotopic (exact) mass is 200 g/mol. The third kappa shape index (κ3) is 3.56. The van der Waals surface area contributed by atoms with Gasteiger partial charge in [0.25, 0.3) is 0 Å². The van der Waals surface area contributed by atoms with Gasteiger partial charge in [-0.1, -0.05) is 6.92 Å². The average molecular weight is 200 g/mol. The van der Waals surface area contributed by atoms with E-state index in [2.05, 4.69) is 24.1 Å². The predicted octanol–water partition coefficient (Wildman–Crippen LogP) is 1.10. The van der Waals surface area contributed by atoms with Crippen molar-refractivity contribution in [1.82, 2.24) is 10.2 Å². The highest BCUT2D eigenvalue weighted by Gasteiger charge is 2.20. The van der Waals surface area contributed by atoms with Crippen LogP contribution < -0.4 is 5.32 Å². The van der Waals surface area contributed by atoms with Crippen molar-refractivity contribution in [3.63, 3.8) is 0 Å². The molecule has 1 N–H and O–H groups in total. The molecule has 3 heteroatoms. The van der Waals surface area contributed by atoms with Gasteiger partial charge in [-0.3, -0.25) is 4.90 Å². The molecule has 1 fully saturated rings. The highest BCUT2D eigenvalue weighted by Crippen LogP contribution is 2.14. The number of rotatable bonds is 6. The summed E-state index contributed by atoms with van der Waals surface area (Å²) in [7, 11) is 2.01. The summed E-state index contributed by atoms with van der Waals surface area (Å²) in [5, 5.41) is 3.22. The zero-order valence-electron chi connectivity index (χ0n) is 9.75. The Morgan fingerprint density at radius 1 is 1.57 bits per heavy atom. The Kier molecular flexibility index (Phi) is 5.45. The molecule has 1 heterocycles. The largest absolute Gasteiger partial charge is 0.377 e. The third-order valence-corrected chi connectivity index (χ3v) is 2.99. The molecule has 2 unspecified atom stereocenters. The SMILES string of the molecule is CCN(CC1CCCO1)C(C)CNC. The lowest BCUT2D eigenvalue weighted by Crippen LogP contribution is -2.43. The van der Waals surface area contributed by atoms with E-state index >= 15 is 0 Å². The molecule has 1 saturated heterocycles. The van der Waals surface area contributed by atoms with Crippen molar-refractivity contribution in [2.45, 2.75) is 38.8 Å². The second-order valence-electron chi connectivity index (χ2n) is 4.13. The van der Waals surface area contributed by atoms with Crippen LogP contribution in [0.2, 0.25) is 0 Å². The smallest absolute Gasteiger partial charge is 0.0702 e. The highest BCUT2D eigenvalue weighted by molar-refractivity contribution is 4.74. The van der Waals surface area contributed by atoms with Gasteiger partial charge in [0.2, 0.25) is 0 Å². The summed E-state index contributed by atoms with van der Waals surface area (Å²) in [5.74, 6) is 0. The van der Waals surface area contributed by atoms with Gasteiger partial charge < -0.3 is 10.1 Å². The molecule has 0 bridgehead atoms. The summed E-state index contributed by atoms with van der Waals surface area (Å²) < 4.78 is 5.65. The molecular weight excluding hydrogens is 176 g/mol. The average Bonchev–Trinajstić information content (AvgIpc) is 2.66. The normalized spacial score (nSPS) is 24.4. The molecule has 0 aromatic heterocycles. The number of hydrogen-bond acceptors (Lipinski definition) is 3. The van der Waals surface area contributed by atoms with Gasteiger partial charge in [0.05, 0.1) is 6.10 Å². The van der Waals surface area contributed by atoms with E-state index in [1.54, 1.807) is 0 Å². The van der Waals surface area contributed by atoms with Crippen LogP contribution in [0, 0.1) is 0 Å². The molecule has 14 heavy (non-hydrogen) atoms. The first-order valence-corrected chi connectivity index (χ1v) is 5.78. The van der Waals surface area contributed by atoms with E-state index in [1.807, 2.05) is 7.05 Å². The van der Waals surface area contributed by atoms with Crippen LogP contribution in [0.3, 0.4) is 0 Å². The van der Waals surface area contributed by atoms with Crippen LogP contribution in [0.15, 0.2) is 0 Å². The Morgan fingerprint density at radius 2 is 2.36 bits per heavy atom. The van der Waals surface area contributed by atoms with Crippen LogP contribution in [0.25, 0.3) is 0 Å². The fraction of sp³-hybridized carbons (Fsp3) is 1.00. The van der Waals surface area contributed by atoms with E-state index in [9.17, 15) is 0 Å². The Hall–Kier alpha value is -0.120. The lowest BCUT2D eigenvalue weighted by atomic mass is 10.2. The van der Waals surface area contributed by atoms with Crippen molar-refractivity contribution < 1.29 is 4.74 Å². The molecular formula is C11H24N2O. The van der Waals surface area contributed by atoms with Crippen molar-refractivity contribution in [1.29, 1.82) is 0 Å². The van der Waals surface area contributed by atoms with Crippen molar-refractivity contribution >= 4 is 0 Å². The Bertz CT molecular complexity index is 146. The fourth-order valence-corrected chi connectivity index (χ4v) is 2.10. The summed E-state index contributed by atoms with van der Waals surface area (Å²) in [6, 6.07) is 0.606. The zero-order chi connectivity index (χ0) is 10.4. The van der Waals surface area contributed by atoms with E-state index in [4.69, 9.17) is 4.74 Å². The summed E-state index contributed by atoms with van der Waals surface area (Å²) in [4.78, 5) is 2.49. The van der Waals surface area contributed by atoms with Gasteiger partial charge in [-0.2, -0.15) is 0 Å². The van der Waals surface area contributed by atoms with Gasteiger partial charge in [-0.25, -0.2) is 0 Å². The number of likely N-dealkylation sites (N-methyl/N-ethyl adjacent to an activating group) is 2. The van der Waals surface area contributed by atoms with E-state index in [1.165, 1.54) is 12.8 Å². The first kappa shape index (κ1) is 12.0. The molecule has 1 aliphatic heterocycles. The van der Waals surface area contributed by atoms with Gasteiger partial charge >= 0.3 is 0 Å². The first-order chi connectivity index (χ1) is 6.77. The molecule has 0 spiro atoms. The maximum Gasteiger partial charge on any atom is 0.0702 e. The Labute approximate surface area is 87.8 Å². The van der Waals surface area contributed by atoms with Gasteiger partial charge in [0, 0.05) is 25.7 Å². The highest BCUT2D eigenvalue weighted by atomic mass is 16.5. The van der Waals surface area contributed by atoms with Crippen molar-refractivity contribution in [3.8, 4) is 0 Å². The Balaban J connectivity index is 2.29. The molecule has 3 nitrogen and oxygen atoms in total. The molecule has 0 amide bonds. The van der Waals surface area contributed by atoms with E-state index < -0.39 is 0 Å². The minimum atomic E-state index is 0.481. The van der Waals surface area contributed by atoms with Crippen LogP contribution in [-0.4, -0.2) is 50.3 Å². The molecule has 2 atom stereocenters. The number of hydrogen-bond donors (Lipinski definition) is 1. The van der Waals surface area contributed by atoms with Crippen LogP contribution >= 0.6 is 0 Å². The molecule has 0 radical (unpaired) electrons. The predicted molar refractivity (Wildman–Crippen MR) is 59.6 cm³/mol. The molecule has 0 aromatic rings. The summed E-state index contributed by atoms with van der Waals surface area (Å²) in [5.41, 5.74) is 0. The molecule has 84 valence electrons. The number of nitrogens with zero attached hydrogens (tertiary/aromatic N) is 1. The first-order valence-electron chi connectivity index (χ1n) is 5.78. The lowest BCUT2D eigenvalue weighted by Gasteiger charge is -2.29. The van der Waals surface area contributed by atoms with Crippen LogP contribution in [0.1, 0.15) is 26.7 Å². The van der Waals surface area contributed by atoms with Crippen molar-refractivity contribution in [3.05, 3.63) is 0 Å². The van der Waals surface area contributed by atoms with Crippen LogP contribution in [0.5, 0.6) is 0 Å². The second kappa shape index (κ2) is 6.38. The second-order valence-corrected chi connectivity index (χ2v) is 4.13. The Morgan fingerprint density at radius 3 is 2.86 bits per heavy atom. The maximum absolute atomic E-state index is 5.65. The molecule has 1 rings (SSSR count). The minimum absolute atomic E-state index is 0.481.